The van der Waals surface area contributed by atoms with Crippen molar-refractivity contribution in [2.24, 2.45) is 0 Å². The second-order valence-electron chi connectivity index (χ2n) is 6.77. The number of nitrogens with zero attached hydrogens (tertiary/aromatic N) is 2. The molecule has 0 aliphatic heterocycles. The van der Waals surface area contributed by atoms with Gasteiger partial charge < -0.3 is 10.6 Å². The summed E-state index contributed by atoms with van der Waals surface area (Å²) in [6, 6.07) is 20.0. The molecule has 2 aromatic heterocycles. The van der Waals surface area contributed by atoms with Crippen LogP contribution >= 0.6 is 0 Å². The highest BCUT2D eigenvalue weighted by molar-refractivity contribution is 6.06. The highest BCUT2D eigenvalue weighted by Gasteiger charge is 2.08. The second-order valence-corrected chi connectivity index (χ2v) is 6.77. The monoisotopic (exact) mass is 382 g/mol. The number of nitrogens with one attached hydrogen (secondary N) is 2. The first-order chi connectivity index (χ1) is 14.3. The summed E-state index contributed by atoms with van der Waals surface area (Å²) < 4.78 is 0. The third kappa shape index (κ3) is 4.65. The van der Waals surface area contributed by atoms with Crippen LogP contribution < -0.4 is 10.6 Å². The number of amides is 1. The summed E-state index contributed by atoms with van der Waals surface area (Å²) >= 11 is 0. The molecule has 29 heavy (non-hydrogen) atoms. The van der Waals surface area contributed by atoms with E-state index in [9.17, 15) is 4.79 Å². The quantitative estimate of drug-likeness (QED) is 0.477. The number of fused-ring (bicyclic) bond motifs is 1. The third-order valence-corrected chi connectivity index (χ3v) is 4.79. The normalized spacial score (nSPS) is 10.8. The number of pyridine rings is 2. The van der Waals surface area contributed by atoms with Crippen LogP contribution in [0.25, 0.3) is 21.9 Å². The molecule has 2 N–H and O–H groups in total. The van der Waals surface area contributed by atoms with Crippen molar-refractivity contribution in [3.8, 4) is 11.1 Å². The molecular formula is C24H22N4O. The fourth-order valence-electron chi connectivity index (χ4n) is 3.26. The van der Waals surface area contributed by atoms with Gasteiger partial charge in [0.15, 0.2) is 0 Å². The molecule has 0 saturated heterocycles. The standard InChI is InChI=1S/C24H22N4O/c29-24(23-5-1-3-21-17-26-12-10-22(21)23)28-14-13-27-15-18-6-8-19(9-7-18)20-4-2-11-25-16-20/h1-12,16-17,27H,13-15H2,(H,28,29). The molecule has 0 unspecified atom stereocenters. The molecule has 4 rings (SSSR count). The first-order valence-electron chi connectivity index (χ1n) is 9.62. The van der Waals surface area contributed by atoms with E-state index < -0.39 is 0 Å². The highest BCUT2D eigenvalue weighted by atomic mass is 16.1. The van der Waals surface area contributed by atoms with Crippen molar-refractivity contribution in [2.75, 3.05) is 13.1 Å². The van der Waals surface area contributed by atoms with Crippen molar-refractivity contribution in [2.45, 2.75) is 6.54 Å². The molecular weight excluding hydrogens is 360 g/mol. The fraction of sp³-hybridized carbons (Fsp3) is 0.125. The van der Waals surface area contributed by atoms with Crippen LogP contribution in [-0.2, 0) is 6.54 Å². The maximum absolute atomic E-state index is 12.5. The van der Waals surface area contributed by atoms with E-state index in [0.29, 0.717) is 18.7 Å². The molecule has 0 fully saturated rings. The maximum atomic E-state index is 12.5. The van der Waals surface area contributed by atoms with E-state index in [-0.39, 0.29) is 5.91 Å². The van der Waals surface area contributed by atoms with Crippen LogP contribution in [0.5, 0.6) is 0 Å². The van der Waals surface area contributed by atoms with Gasteiger partial charge in [-0.2, -0.15) is 0 Å². The lowest BCUT2D eigenvalue weighted by atomic mass is 10.1. The molecule has 0 bridgehead atoms. The maximum Gasteiger partial charge on any atom is 0.251 e. The van der Waals surface area contributed by atoms with Gasteiger partial charge >= 0.3 is 0 Å². The average Bonchev–Trinajstić information content (AvgIpc) is 2.79. The minimum absolute atomic E-state index is 0.0653. The smallest absolute Gasteiger partial charge is 0.251 e. The van der Waals surface area contributed by atoms with Crippen LogP contribution in [0.1, 0.15) is 15.9 Å². The number of benzene rings is 2. The van der Waals surface area contributed by atoms with E-state index in [1.165, 1.54) is 5.56 Å². The zero-order chi connectivity index (χ0) is 19.9. The summed E-state index contributed by atoms with van der Waals surface area (Å²) in [4.78, 5) is 20.8. The van der Waals surface area contributed by atoms with Crippen molar-refractivity contribution in [1.29, 1.82) is 0 Å². The van der Waals surface area contributed by atoms with E-state index >= 15 is 0 Å². The molecule has 0 spiro atoms. The van der Waals surface area contributed by atoms with Gasteiger partial charge in [-0.05, 0) is 40.3 Å². The van der Waals surface area contributed by atoms with Gasteiger partial charge in [-0.3, -0.25) is 14.8 Å². The molecule has 0 saturated carbocycles. The first kappa shape index (κ1) is 18.8. The highest BCUT2D eigenvalue weighted by Crippen LogP contribution is 2.18. The van der Waals surface area contributed by atoms with Gasteiger partial charge in [-0.25, -0.2) is 0 Å². The number of carbonyl (C=O) groups is 1. The molecule has 5 nitrogen and oxygen atoms in total. The molecule has 0 radical (unpaired) electrons. The predicted molar refractivity (Wildman–Crippen MR) is 115 cm³/mol. The summed E-state index contributed by atoms with van der Waals surface area (Å²) in [5, 5.41) is 8.23. The summed E-state index contributed by atoms with van der Waals surface area (Å²) in [5.41, 5.74) is 4.14. The summed E-state index contributed by atoms with van der Waals surface area (Å²) in [7, 11) is 0. The third-order valence-electron chi connectivity index (χ3n) is 4.79. The lowest BCUT2D eigenvalue weighted by molar-refractivity contribution is 0.0955. The van der Waals surface area contributed by atoms with Crippen LogP contribution in [0, 0.1) is 0 Å². The first-order valence-corrected chi connectivity index (χ1v) is 9.62. The lowest BCUT2D eigenvalue weighted by Gasteiger charge is -2.09. The molecule has 2 heterocycles. The number of hydrogen-bond donors (Lipinski definition) is 2. The van der Waals surface area contributed by atoms with Crippen LogP contribution in [0.4, 0.5) is 0 Å². The van der Waals surface area contributed by atoms with Crippen LogP contribution in [-0.4, -0.2) is 29.0 Å². The Kier molecular flexibility index (Phi) is 5.88. The SMILES string of the molecule is O=C(NCCNCc1ccc(-c2cccnc2)cc1)c1cccc2cnccc12. The van der Waals surface area contributed by atoms with Gasteiger partial charge in [0, 0.05) is 55.4 Å². The molecule has 0 atom stereocenters. The number of aromatic nitrogens is 2. The number of rotatable bonds is 7. The van der Waals surface area contributed by atoms with Crippen molar-refractivity contribution >= 4 is 16.7 Å². The van der Waals surface area contributed by atoms with Gasteiger partial charge in [0.25, 0.3) is 5.91 Å². The van der Waals surface area contributed by atoms with Gasteiger partial charge in [0.1, 0.15) is 0 Å². The molecule has 1 amide bonds. The van der Waals surface area contributed by atoms with Gasteiger partial charge in [-0.15, -0.1) is 0 Å². The van der Waals surface area contributed by atoms with E-state index in [1.807, 2.05) is 36.5 Å². The van der Waals surface area contributed by atoms with Gasteiger partial charge in [0.2, 0.25) is 0 Å². The Morgan fingerprint density at radius 3 is 2.48 bits per heavy atom. The van der Waals surface area contributed by atoms with E-state index in [4.69, 9.17) is 0 Å². The Bertz CT molecular complexity index is 1090. The Labute approximate surface area is 169 Å². The summed E-state index contributed by atoms with van der Waals surface area (Å²) in [5.74, 6) is -0.0653. The Hall–Kier alpha value is -3.57. The molecule has 4 aromatic rings. The lowest BCUT2D eigenvalue weighted by Crippen LogP contribution is -2.31. The Balaban J connectivity index is 1.25. The summed E-state index contributed by atoms with van der Waals surface area (Å²) in [6.45, 7) is 2.01. The van der Waals surface area contributed by atoms with Crippen molar-refractivity contribution in [3.05, 3.63) is 96.6 Å². The molecule has 144 valence electrons. The van der Waals surface area contributed by atoms with Crippen molar-refractivity contribution in [3.63, 3.8) is 0 Å². The molecule has 0 aliphatic carbocycles. The molecule has 5 heteroatoms. The van der Waals surface area contributed by atoms with Crippen LogP contribution in [0.2, 0.25) is 0 Å². The Morgan fingerprint density at radius 2 is 1.66 bits per heavy atom. The second kappa shape index (κ2) is 9.08. The van der Waals surface area contributed by atoms with Crippen LogP contribution in [0.15, 0.2) is 85.5 Å². The van der Waals surface area contributed by atoms with Crippen molar-refractivity contribution < 1.29 is 4.79 Å². The Morgan fingerprint density at radius 1 is 0.793 bits per heavy atom. The molecule has 0 aliphatic rings. The number of hydrogen-bond acceptors (Lipinski definition) is 4. The topological polar surface area (TPSA) is 66.9 Å². The van der Waals surface area contributed by atoms with Crippen LogP contribution in [0.3, 0.4) is 0 Å². The fourth-order valence-corrected chi connectivity index (χ4v) is 3.26. The van der Waals surface area contributed by atoms with Gasteiger partial charge in [0.05, 0.1) is 0 Å². The molecule has 2 aromatic carbocycles. The van der Waals surface area contributed by atoms with E-state index in [1.54, 1.807) is 18.6 Å². The zero-order valence-corrected chi connectivity index (χ0v) is 16.0. The largest absolute Gasteiger partial charge is 0.351 e. The average molecular weight is 382 g/mol. The minimum atomic E-state index is -0.0653. The summed E-state index contributed by atoms with van der Waals surface area (Å²) in [6.07, 6.45) is 7.12. The minimum Gasteiger partial charge on any atom is -0.351 e. The number of carbonyl (C=O) groups excluding carboxylic acids is 1. The van der Waals surface area contributed by atoms with E-state index in [2.05, 4.69) is 50.9 Å². The van der Waals surface area contributed by atoms with Crippen molar-refractivity contribution in [1.82, 2.24) is 20.6 Å². The van der Waals surface area contributed by atoms with Gasteiger partial charge in [-0.1, -0.05) is 42.5 Å². The zero-order valence-electron chi connectivity index (χ0n) is 16.0. The predicted octanol–water partition coefficient (Wildman–Crippen LogP) is 3.82. The van der Waals surface area contributed by atoms with E-state index in [0.717, 1.165) is 28.4 Å².